The summed E-state index contributed by atoms with van der Waals surface area (Å²) < 4.78 is 5.70. The van der Waals surface area contributed by atoms with Crippen LogP contribution < -0.4 is 5.32 Å². The fraction of sp³-hybridized carbons (Fsp3) is 0.500. The van der Waals surface area contributed by atoms with Gasteiger partial charge < -0.3 is 9.73 Å². The summed E-state index contributed by atoms with van der Waals surface area (Å²) in [4.78, 5) is 11.6. The summed E-state index contributed by atoms with van der Waals surface area (Å²) in [7, 11) is 0. The predicted molar refractivity (Wildman–Crippen MR) is 66.3 cm³/mol. The van der Waals surface area contributed by atoms with Crippen molar-refractivity contribution in [2.45, 2.75) is 13.8 Å². The van der Waals surface area contributed by atoms with E-state index in [1.165, 1.54) is 0 Å². The first kappa shape index (κ1) is 12.8. The minimum Gasteiger partial charge on any atom is -0.444 e. The van der Waals surface area contributed by atoms with Crippen LogP contribution in [0.25, 0.3) is 0 Å². The van der Waals surface area contributed by atoms with E-state index >= 15 is 0 Å². The summed E-state index contributed by atoms with van der Waals surface area (Å²) >= 11 is 6.55. The van der Waals surface area contributed by atoms with Gasteiger partial charge in [0.25, 0.3) is 5.91 Å². The van der Waals surface area contributed by atoms with Gasteiger partial charge in [0.1, 0.15) is 0 Å². The lowest BCUT2D eigenvalue weighted by molar-refractivity contribution is 0.0911. The summed E-state index contributed by atoms with van der Waals surface area (Å²) in [5.74, 6) is 0.141. The van der Waals surface area contributed by atoms with Crippen LogP contribution >= 0.6 is 31.9 Å². The Morgan fingerprint density at radius 1 is 1.53 bits per heavy atom. The standard InChI is InChI=1S/C10H13Br2NO2/c1-10(2,5-11)6-13-9(14)7-3-4-8(12)15-7/h3-4H,5-6H2,1-2H3,(H,13,14). The number of furan rings is 1. The molecule has 0 bridgehead atoms. The lowest BCUT2D eigenvalue weighted by Crippen LogP contribution is -2.34. The van der Waals surface area contributed by atoms with Crippen molar-refractivity contribution in [2.24, 2.45) is 5.41 Å². The average molecular weight is 339 g/mol. The minimum atomic E-state index is -0.185. The van der Waals surface area contributed by atoms with Gasteiger partial charge in [0.05, 0.1) is 0 Å². The van der Waals surface area contributed by atoms with E-state index in [0.29, 0.717) is 17.0 Å². The van der Waals surface area contributed by atoms with Crippen molar-refractivity contribution in [1.29, 1.82) is 0 Å². The predicted octanol–water partition coefficient (Wildman–Crippen LogP) is 3.19. The van der Waals surface area contributed by atoms with Crippen molar-refractivity contribution in [3.63, 3.8) is 0 Å². The van der Waals surface area contributed by atoms with Crippen LogP contribution in [0.1, 0.15) is 24.4 Å². The highest BCUT2D eigenvalue weighted by Gasteiger charge is 2.18. The molecule has 0 fully saturated rings. The molecule has 0 radical (unpaired) electrons. The molecule has 0 aliphatic carbocycles. The molecule has 1 N–H and O–H groups in total. The Morgan fingerprint density at radius 3 is 2.67 bits per heavy atom. The van der Waals surface area contributed by atoms with Gasteiger partial charge in [-0.25, -0.2) is 0 Å². The number of alkyl halides is 1. The SMILES string of the molecule is CC(C)(CBr)CNC(=O)c1ccc(Br)o1. The summed E-state index contributed by atoms with van der Waals surface area (Å²) in [5, 5.41) is 3.66. The van der Waals surface area contributed by atoms with E-state index in [2.05, 4.69) is 51.0 Å². The molecule has 1 amide bonds. The van der Waals surface area contributed by atoms with Gasteiger partial charge in [-0.05, 0) is 33.5 Å². The third-order valence-corrected chi connectivity index (χ3v) is 3.83. The van der Waals surface area contributed by atoms with Crippen molar-refractivity contribution in [3.8, 4) is 0 Å². The van der Waals surface area contributed by atoms with Crippen LogP contribution in [-0.4, -0.2) is 17.8 Å². The van der Waals surface area contributed by atoms with Crippen molar-refractivity contribution in [1.82, 2.24) is 5.32 Å². The van der Waals surface area contributed by atoms with E-state index in [-0.39, 0.29) is 11.3 Å². The molecule has 3 nitrogen and oxygen atoms in total. The molecule has 84 valence electrons. The molecule has 15 heavy (non-hydrogen) atoms. The molecular weight excluding hydrogens is 326 g/mol. The zero-order valence-corrected chi connectivity index (χ0v) is 11.8. The number of carbonyl (C=O) groups excluding carboxylic acids is 1. The molecule has 1 aromatic rings. The maximum absolute atomic E-state index is 11.6. The molecule has 0 unspecified atom stereocenters. The van der Waals surface area contributed by atoms with Crippen LogP contribution in [0.3, 0.4) is 0 Å². The maximum Gasteiger partial charge on any atom is 0.287 e. The molecule has 0 aromatic carbocycles. The fourth-order valence-electron chi connectivity index (χ4n) is 0.890. The number of rotatable bonds is 4. The molecular formula is C10H13Br2NO2. The zero-order valence-electron chi connectivity index (χ0n) is 8.64. The Morgan fingerprint density at radius 2 is 2.20 bits per heavy atom. The van der Waals surface area contributed by atoms with E-state index in [0.717, 1.165) is 5.33 Å². The van der Waals surface area contributed by atoms with Gasteiger partial charge in [-0.3, -0.25) is 4.79 Å². The smallest absolute Gasteiger partial charge is 0.287 e. The average Bonchev–Trinajstić information content (AvgIpc) is 2.61. The first-order chi connectivity index (χ1) is 6.94. The lowest BCUT2D eigenvalue weighted by atomic mass is 9.97. The van der Waals surface area contributed by atoms with Gasteiger partial charge in [0, 0.05) is 11.9 Å². The molecule has 5 heteroatoms. The molecule has 0 saturated heterocycles. The van der Waals surface area contributed by atoms with Crippen LogP contribution in [0.15, 0.2) is 21.2 Å². The van der Waals surface area contributed by atoms with Crippen LogP contribution in [0.4, 0.5) is 0 Å². The van der Waals surface area contributed by atoms with Gasteiger partial charge in [-0.1, -0.05) is 29.8 Å². The van der Waals surface area contributed by atoms with Crippen LogP contribution in [0.5, 0.6) is 0 Å². The van der Waals surface area contributed by atoms with Crippen molar-refractivity contribution < 1.29 is 9.21 Å². The van der Waals surface area contributed by atoms with Gasteiger partial charge >= 0.3 is 0 Å². The summed E-state index contributed by atoms with van der Waals surface area (Å²) in [6.45, 7) is 4.75. The molecule has 1 aromatic heterocycles. The van der Waals surface area contributed by atoms with E-state index in [1.807, 2.05) is 0 Å². The Hall–Kier alpha value is -0.290. The Balaban J connectivity index is 2.50. The number of nitrogens with one attached hydrogen (secondary N) is 1. The number of amides is 1. The van der Waals surface area contributed by atoms with Gasteiger partial charge in [0.2, 0.25) is 0 Å². The minimum absolute atomic E-state index is 0.0412. The first-order valence-corrected chi connectivity index (χ1v) is 6.45. The Bertz CT molecular complexity index is 347. The quantitative estimate of drug-likeness (QED) is 0.857. The number of hydrogen-bond donors (Lipinski definition) is 1. The molecule has 0 saturated carbocycles. The van der Waals surface area contributed by atoms with E-state index < -0.39 is 0 Å². The number of hydrogen-bond acceptors (Lipinski definition) is 2. The molecule has 0 atom stereocenters. The van der Waals surface area contributed by atoms with E-state index in [4.69, 9.17) is 4.42 Å². The van der Waals surface area contributed by atoms with Crippen LogP contribution in [0, 0.1) is 5.41 Å². The van der Waals surface area contributed by atoms with Crippen molar-refractivity contribution >= 4 is 37.8 Å². The Kier molecular flexibility index (Phi) is 4.40. The largest absolute Gasteiger partial charge is 0.444 e. The highest BCUT2D eigenvalue weighted by molar-refractivity contribution is 9.10. The van der Waals surface area contributed by atoms with Gasteiger partial charge in [0.15, 0.2) is 10.4 Å². The molecule has 0 aliphatic heterocycles. The lowest BCUT2D eigenvalue weighted by Gasteiger charge is -2.21. The summed E-state index contributed by atoms with van der Waals surface area (Å²) in [5.41, 5.74) is 0.0412. The maximum atomic E-state index is 11.6. The second-order valence-corrected chi connectivity index (χ2v) is 5.43. The first-order valence-electron chi connectivity index (χ1n) is 4.54. The highest BCUT2D eigenvalue weighted by atomic mass is 79.9. The normalized spacial score (nSPS) is 11.5. The summed E-state index contributed by atoms with van der Waals surface area (Å²) in [6, 6.07) is 3.34. The second kappa shape index (κ2) is 5.16. The van der Waals surface area contributed by atoms with Gasteiger partial charge in [-0.15, -0.1) is 0 Å². The van der Waals surface area contributed by atoms with Gasteiger partial charge in [-0.2, -0.15) is 0 Å². The van der Waals surface area contributed by atoms with Crippen molar-refractivity contribution in [3.05, 3.63) is 22.6 Å². The Labute approximate surface area is 106 Å². The topological polar surface area (TPSA) is 42.2 Å². The molecule has 1 heterocycles. The second-order valence-electron chi connectivity index (χ2n) is 4.08. The molecule has 0 aliphatic rings. The number of halogens is 2. The fourth-order valence-corrected chi connectivity index (χ4v) is 1.40. The van der Waals surface area contributed by atoms with Crippen LogP contribution in [-0.2, 0) is 0 Å². The zero-order chi connectivity index (χ0) is 11.5. The van der Waals surface area contributed by atoms with E-state index in [1.54, 1.807) is 12.1 Å². The number of carbonyl (C=O) groups is 1. The molecule has 0 spiro atoms. The third kappa shape index (κ3) is 3.99. The third-order valence-electron chi connectivity index (χ3n) is 1.89. The summed E-state index contributed by atoms with van der Waals surface area (Å²) in [6.07, 6.45) is 0. The monoisotopic (exact) mass is 337 g/mol. The highest BCUT2D eigenvalue weighted by Crippen LogP contribution is 2.17. The molecule has 1 rings (SSSR count). The van der Waals surface area contributed by atoms with Crippen LogP contribution in [0.2, 0.25) is 0 Å². The van der Waals surface area contributed by atoms with E-state index in [9.17, 15) is 4.79 Å². The van der Waals surface area contributed by atoms with Crippen molar-refractivity contribution in [2.75, 3.05) is 11.9 Å².